The molecule has 0 heterocycles. The molecule has 0 rings (SSSR count). The topological polar surface area (TPSA) is 78.9 Å². The lowest BCUT2D eigenvalue weighted by Gasteiger charge is -2.18. The van der Waals surface area contributed by atoms with Gasteiger partial charge >= 0.3 is 17.9 Å². The van der Waals surface area contributed by atoms with Crippen LogP contribution in [-0.2, 0) is 28.6 Å². The number of hydrogen-bond acceptors (Lipinski definition) is 6. The molecule has 6 heteroatoms. The Morgan fingerprint density at radius 1 is 0.273 bits per heavy atom. The second-order valence-electron chi connectivity index (χ2n) is 20.6. The molecule has 0 saturated heterocycles. The highest BCUT2D eigenvalue weighted by Gasteiger charge is 2.19. The predicted molar refractivity (Wildman–Crippen MR) is 334 cm³/mol. The van der Waals surface area contributed by atoms with Crippen molar-refractivity contribution in [3.05, 3.63) is 134 Å². The van der Waals surface area contributed by atoms with Gasteiger partial charge in [0.05, 0.1) is 0 Å². The van der Waals surface area contributed by atoms with Crippen LogP contribution in [0.5, 0.6) is 0 Å². The Hall–Kier alpha value is -4.45. The van der Waals surface area contributed by atoms with Gasteiger partial charge in [0.1, 0.15) is 13.2 Å². The van der Waals surface area contributed by atoms with Gasteiger partial charge in [0, 0.05) is 19.3 Å². The monoisotopic (exact) mass is 1060 g/mol. The molecule has 0 aromatic rings. The molecule has 1 unspecified atom stereocenters. The zero-order valence-electron chi connectivity index (χ0n) is 49.9. The highest BCUT2D eigenvalue weighted by atomic mass is 16.6. The first-order chi connectivity index (χ1) is 38.0. The van der Waals surface area contributed by atoms with Crippen LogP contribution in [0.4, 0.5) is 0 Å². The normalized spacial score (nSPS) is 13.0. The maximum absolute atomic E-state index is 12.9. The lowest BCUT2D eigenvalue weighted by Crippen LogP contribution is -2.30. The number of allylic oxidation sites excluding steroid dienone is 22. The molecule has 0 spiro atoms. The van der Waals surface area contributed by atoms with Crippen LogP contribution >= 0.6 is 0 Å². The highest BCUT2D eigenvalue weighted by Crippen LogP contribution is 2.15. The first-order valence-electron chi connectivity index (χ1n) is 31.7. The molecule has 0 saturated carbocycles. The minimum atomic E-state index is -0.798. The molecule has 0 aromatic heterocycles. The third-order valence-electron chi connectivity index (χ3n) is 13.1. The molecule has 0 aliphatic carbocycles. The van der Waals surface area contributed by atoms with Crippen molar-refractivity contribution >= 4 is 17.9 Å². The van der Waals surface area contributed by atoms with Crippen molar-refractivity contribution in [2.75, 3.05) is 13.2 Å². The average Bonchev–Trinajstić information content (AvgIpc) is 3.43. The number of ether oxygens (including phenoxy) is 3. The van der Waals surface area contributed by atoms with Gasteiger partial charge in [-0.25, -0.2) is 0 Å². The number of carbonyl (C=O) groups excluding carboxylic acids is 3. The summed E-state index contributed by atoms with van der Waals surface area (Å²) >= 11 is 0. The number of esters is 3. The molecule has 0 aliphatic rings. The van der Waals surface area contributed by atoms with E-state index in [1.54, 1.807) is 0 Å². The van der Waals surface area contributed by atoms with E-state index >= 15 is 0 Å². The smallest absolute Gasteiger partial charge is 0.306 e. The predicted octanol–water partition coefficient (Wildman–Crippen LogP) is 21.8. The molecular weight excluding hydrogens is 949 g/mol. The largest absolute Gasteiger partial charge is 0.462 e. The fourth-order valence-electron chi connectivity index (χ4n) is 8.34. The Bertz CT molecular complexity index is 1650. The summed E-state index contributed by atoms with van der Waals surface area (Å²) in [6.07, 6.45) is 90.2. The van der Waals surface area contributed by atoms with Crippen LogP contribution in [0, 0.1) is 0 Å². The molecule has 0 radical (unpaired) electrons. The van der Waals surface area contributed by atoms with E-state index in [-0.39, 0.29) is 31.1 Å². The van der Waals surface area contributed by atoms with Crippen molar-refractivity contribution in [1.29, 1.82) is 0 Å². The van der Waals surface area contributed by atoms with Crippen molar-refractivity contribution in [1.82, 2.24) is 0 Å². The zero-order chi connectivity index (χ0) is 55.7. The van der Waals surface area contributed by atoms with Crippen molar-refractivity contribution in [3.8, 4) is 0 Å². The number of hydrogen-bond donors (Lipinski definition) is 0. The van der Waals surface area contributed by atoms with Gasteiger partial charge in [0.2, 0.25) is 0 Å². The summed E-state index contributed by atoms with van der Waals surface area (Å²) in [6, 6.07) is 0. The van der Waals surface area contributed by atoms with Gasteiger partial charge in [0.15, 0.2) is 6.10 Å². The molecule has 0 bridgehead atoms. The summed E-state index contributed by atoms with van der Waals surface area (Å²) in [5, 5.41) is 0. The van der Waals surface area contributed by atoms with Gasteiger partial charge in [-0.1, -0.05) is 264 Å². The first kappa shape index (κ1) is 72.5. The van der Waals surface area contributed by atoms with Crippen molar-refractivity contribution in [2.45, 2.75) is 284 Å². The molecule has 1 atom stereocenters. The standard InChI is InChI=1S/C71H116O6/c1-4-7-10-13-16-19-22-25-28-29-30-31-32-33-34-35-36-37-38-39-40-41-42-43-44-47-49-52-55-58-61-64-70(73)76-67-68(77-71(74)65-62-59-56-53-50-46-27-24-21-18-15-12-9-6-3)66-75-69(72)63-60-57-54-51-48-45-26-23-20-17-14-11-8-5-2/h7,10,14-19,23-28,30-31,33-34,36-37,39-40,68H,4-6,8-9,11-13,20-22,29,32,35,38,41-67H2,1-3H3/b10-7-,17-14-,18-15-,19-16-,26-23-,27-24-,28-25-,31-30-,34-33-,37-36-,40-39-. The zero-order valence-corrected chi connectivity index (χ0v) is 49.9. The lowest BCUT2D eigenvalue weighted by molar-refractivity contribution is -0.167. The van der Waals surface area contributed by atoms with Gasteiger partial charge in [-0.2, -0.15) is 0 Å². The van der Waals surface area contributed by atoms with Crippen molar-refractivity contribution in [3.63, 3.8) is 0 Å². The van der Waals surface area contributed by atoms with Crippen LogP contribution in [-0.4, -0.2) is 37.2 Å². The van der Waals surface area contributed by atoms with E-state index in [9.17, 15) is 14.4 Å². The second kappa shape index (κ2) is 64.1. The summed E-state index contributed by atoms with van der Waals surface area (Å²) < 4.78 is 16.9. The van der Waals surface area contributed by atoms with E-state index in [1.165, 1.54) is 77.0 Å². The summed E-state index contributed by atoms with van der Waals surface area (Å²) in [6.45, 7) is 6.42. The molecule has 0 aliphatic heterocycles. The van der Waals surface area contributed by atoms with E-state index in [0.29, 0.717) is 19.3 Å². The van der Waals surface area contributed by atoms with Crippen molar-refractivity contribution < 1.29 is 28.6 Å². The van der Waals surface area contributed by atoms with E-state index < -0.39 is 6.10 Å². The molecule has 0 aromatic carbocycles. The van der Waals surface area contributed by atoms with Gasteiger partial charge in [-0.15, -0.1) is 0 Å². The van der Waals surface area contributed by atoms with Crippen LogP contribution in [0.1, 0.15) is 278 Å². The minimum Gasteiger partial charge on any atom is -0.462 e. The summed E-state index contributed by atoms with van der Waals surface area (Å²) in [7, 11) is 0. The maximum atomic E-state index is 12.9. The van der Waals surface area contributed by atoms with Crippen LogP contribution in [0.15, 0.2) is 134 Å². The average molecular weight is 1070 g/mol. The number of carbonyl (C=O) groups is 3. The third kappa shape index (κ3) is 62.3. The van der Waals surface area contributed by atoms with E-state index in [0.717, 1.165) is 161 Å². The van der Waals surface area contributed by atoms with Crippen LogP contribution < -0.4 is 0 Å². The van der Waals surface area contributed by atoms with E-state index in [4.69, 9.17) is 14.2 Å². The van der Waals surface area contributed by atoms with Crippen molar-refractivity contribution in [2.24, 2.45) is 0 Å². The van der Waals surface area contributed by atoms with Crippen LogP contribution in [0.25, 0.3) is 0 Å². The number of rotatable bonds is 56. The Balaban J connectivity index is 4.30. The molecule has 0 fully saturated rings. The lowest BCUT2D eigenvalue weighted by atomic mass is 10.1. The molecule has 77 heavy (non-hydrogen) atoms. The molecule has 6 nitrogen and oxygen atoms in total. The second-order valence-corrected chi connectivity index (χ2v) is 20.6. The molecular formula is C71H116O6. The fraction of sp³-hybridized carbons (Fsp3) is 0.648. The number of unbranched alkanes of at least 4 members (excludes halogenated alkanes) is 23. The minimum absolute atomic E-state index is 0.0945. The van der Waals surface area contributed by atoms with Gasteiger partial charge < -0.3 is 14.2 Å². The summed E-state index contributed by atoms with van der Waals surface area (Å²) in [4.78, 5) is 38.2. The van der Waals surface area contributed by atoms with Gasteiger partial charge in [0.25, 0.3) is 0 Å². The Morgan fingerprint density at radius 3 is 0.792 bits per heavy atom. The Labute approximate surface area is 475 Å². The van der Waals surface area contributed by atoms with Crippen LogP contribution in [0.3, 0.4) is 0 Å². The third-order valence-corrected chi connectivity index (χ3v) is 13.1. The fourth-order valence-corrected chi connectivity index (χ4v) is 8.34. The highest BCUT2D eigenvalue weighted by molar-refractivity contribution is 5.71. The maximum Gasteiger partial charge on any atom is 0.306 e. The molecule has 0 N–H and O–H groups in total. The first-order valence-corrected chi connectivity index (χ1v) is 31.7. The molecule has 436 valence electrons. The SMILES string of the molecule is CC/C=C\C/C=C\C/C=C\C/C=C\C/C=C\C/C=C\C/C=C\CCCCCCCCCCCC(=O)OCC(COC(=O)CCCCCCC/C=C\C/C=C\CCCC)OC(=O)CCCCCCC/C=C\C/C=C\CCCC. The summed E-state index contributed by atoms with van der Waals surface area (Å²) in [5.74, 6) is -0.928. The van der Waals surface area contributed by atoms with Gasteiger partial charge in [-0.3, -0.25) is 14.4 Å². The molecule has 0 amide bonds. The van der Waals surface area contributed by atoms with E-state index in [2.05, 4.69) is 154 Å². The Morgan fingerprint density at radius 2 is 0.506 bits per heavy atom. The van der Waals surface area contributed by atoms with Gasteiger partial charge in [-0.05, 0) is 128 Å². The summed E-state index contributed by atoms with van der Waals surface area (Å²) in [5.41, 5.74) is 0. The quantitative estimate of drug-likeness (QED) is 0.0261. The Kier molecular flexibility index (Phi) is 60.4. The van der Waals surface area contributed by atoms with Crippen LogP contribution in [0.2, 0.25) is 0 Å². The van der Waals surface area contributed by atoms with E-state index in [1.807, 2.05) is 0 Å².